The van der Waals surface area contributed by atoms with Crippen molar-refractivity contribution in [3.05, 3.63) is 18.0 Å². The van der Waals surface area contributed by atoms with E-state index in [-0.39, 0.29) is 0 Å². The molecule has 3 rings (SSSR count). The van der Waals surface area contributed by atoms with E-state index in [1.165, 1.54) is 19.3 Å². The van der Waals surface area contributed by atoms with Gasteiger partial charge in [0, 0.05) is 44.8 Å². The topological polar surface area (TPSA) is 58.5 Å². The molecule has 1 aliphatic heterocycles. The fraction of sp³-hybridized carbons (Fsp3) is 0.733. The van der Waals surface area contributed by atoms with Gasteiger partial charge in [-0.3, -0.25) is 0 Å². The zero-order valence-corrected chi connectivity index (χ0v) is 12.0. The minimum Gasteiger partial charge on any atom is -0.396 e. The maximum atomic E-state index is 9.17. The lowest BCUT2D eigenvalue weighted by molar-refractivity contribution is 0.184. The third-order valence-corrected chi connectivity index (χ3v) is 4.64. The van der Waals surface area contributed by atoms with Crippen LogP contribution < -0.4 is 4.90 Å². The Morgan fingerprint density at radius 1 is 1.30 bits per heavy atom. The Morgan fingerprint density at radius 2 is 2.00 bits per heavy atom. The van der Waals surface area contributed by atoms with Crippen molar-refractivity contribution >= 4 is 5.95 Å². The zero-order valence-electron chi connectivity index (χ0n) is 12.0. The van der Waals surface area contributed by atoms with E-state index in [1.807, 2.05) is 12.4 Å². The van der Waals surface area contributed by atoms with Gasteiger partial charge in [-0.2, -0.15) is 0 Å². The van der Waals surface area contributed by atoms with Gasteiger partial charge in [-0.25, -0.2) is 9.97 Å². The van der Waals surface area contributed by atoms with E-state index >= 15 is 0 Å². The first-order chi connectivity index (χ1) is 9.81. The molecule has 2 atom stereocenters. The SMILES string of the molecule is COCc1cnc(N2CCC([C@H]3C[C@H]3CO)CC2)nc1. The van der Waals surface area contributed by atoms with E-state index in [2.05, 4.69) is 14.9 Å². The number of ether oxygens (including phenoxy) is 1. The lowest BCUT2D eigenvalue weighted by Crippen LogP contribution is -2.35. The Balaban J connectivity index is 1.52. The zero-order chi connectivity index (χ0) is 13.9. The summed E-state index contributed by atoms with van der Waals surface area (Å²) in [5.74, 6) is 2.97. The van der Waals surface area contributed by atoms with Gasteiger partial charge in [0.1, 0.15) is 0 Å². The van der Waals surface area contributed by atoms with E-state index in [0.29, 0.717) is 19.1 Å². The van der Waals surface area contributed by atoms with Crippen LogP contribution in [0.4, 0.5) is 5.95 Å². The molecule has 1 saturated carbocycles. The molecular weight excluding hydrogens is 254 g/mol. The van der Waals surface area contributed by atoms with Crippen LogP contribution >= 0.6 is 0 Å². The Morgan fingerprint density at radius 3 is 2.55 bits per heavy atom. The number of piperidine rings is 1. The van der Waals surface area contributed by atoms with Crippen molar-refractivity contribution < 1.29 is 9.84 Å². The normalized spacial score (nSPS) is 26.8. The Labute approximate surface area is 120 Å². The second-order valence-electron chi connectivity index (χ2n) is 5.99. The number of aromatic nitrogens is 2. The maximum absolute atomic E-state index is 9.17. The van der Waals surface area contributed by atoms with Crippen LogP contribution in [0.15, 0.2) is 12.4 Å². The van der Waals surface area contributed by atoms with Crippen LogP contribution in [0.25, 0.3) is 0 Å². The van der Waals surface area contributed by atoms with Crippen molar-refractivity contribution in [3.63, 3.8) is 0 Å². The summed E-state index contributed by atoms with van der Waals surface area (Å²) in [4.78, 5) is 11.1. The first kappa shape index (κ1) is 13.8. The molecule has 1 aromatic rings. The smallest absolute Gasteiger partial charge is 0.225 e. The quantitative estimate of drug-likeness (QED) is 0.883. The highest BCUT2D eigenvalue weighted by Crippen LogP contribution is 2.47. The Kier molecular flexibility index (Phi) is 4.17. The van der Waals surface area contributed by atoms with Crippen LogP contribution in [0.1, 0.15) is 24.8 Å². The summed E-state index contributed by atoms with van der Waals surface area (Å²) < 4.78 is 5.07. The predicted molar refractivity (Wildman–Crippen MR) is 76.4 cm³/mol. The molecule has 0 aromatic carbocycles. The fourth-order valence-corrected chi connectivity index (χ4v) is 3.34. The van der Waals surface area contributed by atoms with E-state index in [1.54, 1.807) is 7.11 Å². The molecule has 5 heteroatoms. The van der Waals surface area contributed by atoms with Gasteiger partial charge in [0.25, 0.3) is 0 Å². The van der Waals surface area contributed by atoms with Crippen LogP contribution in [0.2, 0.25) is 0 Å². The van der Waals surface area contributed by atoms with Crippen LogP contribution in [0, 0.1) is 17.8 Å². The van der Waals surface area contributed by atoms with Crippen molar-refractivity contribution in [3.8, 4) is 0 Å². The highest BCUT2D eigenvalue weighted by Gasteiger charge is 2.43. The largest absolute Gasteiger partial charge is 0.396 e. The molecule has 2 aliphatic rings. The van der Waals surface area contributed by atoms with Gasteiger partial charge < -0.3 is 14.7 Å². The lowest BCUT2D eigenvalue weighted by atomic mass is 9.91. The van der Waals surface area contributed by atoms with Gasteiger partial charge >= 0.3 is 0 Å². The van der Waals surface area contributed by atoms with Crippen molar-refractivity contribution in [1.29, 1.82) is 0 Å². The van der Waals surface area contributed by atoms with E-state index in [0.717, 1.165) is 36.4 Å². The summed E-state index contributed by atoms with van der Waals surface area (Å²) in [5.41, 5.74) is 1.01. The fourth-order valence-electron chi connectivity index (χ4n) is 3.34. The summed E-state index contributed by atoms with van der Waals surface area (Å²) in [7, 11) is 1.68. The second kappa shape index (κ2) is 6.06. The number of aliphatic hydroxyl groups excluding tert-OH is 1. The molecule has 1 saturated heterocycles. The molecule has 1 N–H and O–H groups in total. The molecule has 0 bridgehead atoms. The second-order valence-corrected chi connectivity index (χ2v) is 5.99. The number of hydrogen-bond donors (Lipinski definition) is 1. The van der Waals surface area contributed by atoms with E-state index < -0.39 is 0 Å². The highest BCUT2D eigenvalue weighted by atomic mass is 16.5. The summed E-state index contributed by atoms with van der Waals surface area (Å²) in [5, 5.41) is 9.17. The van der Waals surface area contributed by atoms with Crippen LogP contribution in [0.5, 0.6) is 0 Å². The van der Waals surface area contributed by atoms with Gasteiger partial charge in [-0.15, -0.1) is 0 Å². The molecule has 5 nitrogen and oxygen atoms in total. The van der Waals surface area contributed by atoms with Crippen LogP contribution in [-0.4, -0.2) is 41.9 Å². The van der Waals surface area contributed by atoms with E-state index in [4.69, 9.17) is 9.84 Å². The Bertz CT molecular complexity index is 429. The summed E-state index contributed by atoms with van der Waals surface area (Å²) in [6, 6.07) is 0. The molecule has 110 valence electrons. The summed E-state index contributed by atoms with van der Waals surface area (Å²) >= 11 is 0. The maximum Gasteiger partial charge on any atom is 0.225 e. The number of hydrogen-bond acceptors (Lipinski definition) is 5. The highest BCUT2D eigenvalue weighted by molar-refractivity contribution is 5.30. The first-order valence-electron chi connectivity index (χ1n) is 7.47. The molecule has 2 fully saturated rings. The molecule has 0 spiro atoms. The molecule has 0 radical (unpaired) electrons. The summed E-state index contributed by atoms with van der Waals surface area (Å²) in [6.07, 6.45) is 7.32. The summed E-state index contributed by atoms with van der Waals surface area (Å²) in [6.45, 7) is 2.99. The van der Waals surface area contributed by atoms with Crippen LogP contribution in [-0.2, 0) is 11.3 Å². The van der Waals surface area contributed by atoms with Crippen molar-refractivity contribution in [1.82, 2.24) is 9.97 Å². The predicted octanol–water partition coefficient (Wildman–Crippen LogP) is 1.47. The number of methoxy groups -OCH3 is 1. The standard InChI is InChI=1S/C15H23N3O2/c1-20-10-11-7-16-15(17-8-11)18-4-2-12(3-5-18)14-6-13(14)9-19/h7-8,12-14,19H,2-6,9-10H2,1H3/t13-,14+/m0/s1. The lowest BCUT2D eigenvalue weighted by Gasteiger charge is -2.32. The monoisotopic (exact) mass is 277 g/mol. The van der Waals surface area contributed by atoms with Gasteiger partial charge in [-0.1, -0.05) is 0 Å². The van der Waals surface area contributed by atoms with Crippen molar-refractivity contribution in [2.75, 3.05) is 31.7 Å². The van der Waals surface area contributed by atoms with Gasteiger partial charge in [-0.05, 0) is 37.0 Å². The van der Waals surface area contributed by atoms with Gasteiger partial charge in [0.15, 0.2) is 0 Å². The molecule has 2 heterocycles. The van der Waals surface area contributed by atoms with Gasteiger partial charge in [0.2, 0.25) is 5.95 Å². The third kappa shape index (κ3) is 2.94. The first-order valence-corrected chi connectivity index (χ1v) is 7.47. The van der Waals surface area contributed by atoms with Crippen LogP contribution in [0.3, 0.4) is 0 Å². The minimum atomic E-state index is 0.370. The number of nitrogens with zero attached hydrogens (tertiary/aromatic N) is 3. The number of rotatable bonds is 5. The van der Waals surface area contributed by atoms with E-state index in [9.17, 15) is 0 Å². The molecule has 1 aromatic heterocycles. The molecule has 1 aliphatic carbocycles. The minimum absolute atomic E-state index is 0.370. The molecule has 20 heavy (non-hydrogen) atoms. The average Bonchev–Trinajstić information content (AvgIpc) is 3.28. The van der Waals surface area contributed by atoms with Crippen molar-refractivity contribution in [2.24, 2.45) is 17.8 Å². The molecule has 0 unspecified atom stereocenters. The Hall–Kier alpha value is -1.20. The number of aliphatic hydroxyl groups is 1. The van der Waals surface area contributed by atoms with Gasteiger partial charge in [0.05, 0.1) is 6.61 Å². The number of anilines is 1. The van der Waals surface area contributed by atoms with Crippen molar-refractivity contribution in [2.45, 2.75) is 25.9 Å². The molecule has 0 amide bonds. The average molecular weight is 277 g/mol. The third-order valence-electron chi connectivity index (χ3n) is 4.64. The molecular formula is C15H23N3O2.